The van der Waals surface area contributed by atoms with Crippen LogP contribution in [0.15, 0.2) is 0 Å². The smallest absolute Gasteiger partial charge is 0.323 e. The summed E-state index contributed by atoms with van der Waals surface area (Å²) in [6.07, 6.45) is 2.85. The third kappa shape index (κ3) is 5.38. The van der Waals surface area contributed by atoms with Gasteiger partial charge < -0.3 is 20.2 Å². The molecule has 1 heterocycles. The zero-order valence-corrected chi connectivity index (χ0v) is 13.5. The summed E-state index contributed by atoms with van der Waals surface area (Å²) in [5.74, 6) is -0.0235. The third-order valence-corrected chi connectivity index (χ3v) is 4.29. The van der Waals surface area contributed by atoms with Gasteiger partial charge in [-0.25, -0.2) is 0 Å². The van der Waals surface area contributed by atoms with Crippen molar-refractivity contribution in [3.8, 4) is 0 Å². The molecule has 5 nitrogen and oxygen atoms in total. The lowest BCUT2D eigenvalue weighted by Gasteiger charge is -2.29. The molecule has 0 aromatic carbocycles. The number of likely N-dealkylation sites (tertiary alicyclic amines) is 1. The molecule has 1 fully saturated rings. The van der Waals surface area contributed by atoms with E-state index >= 15 is 0 Å². The summed E-state index contributed by atoms with van der Waals surface area (Å²) in [4.78, 5) is 16.1. The van der Waals surface area contributed by atoms with Gasteiger partial charge in [0.05, 0.1) is 0 Å². The molecule has 2 N–H and O–H groups in total. The first-order valence-electron chi connectivity index (χ1n) is 7.73. The number of rotatable bonds is 9. The van der Waals surface area contributed by atoms with Crippen molar-refractivity contribution in [2.24, 2.45) is 5.92 Å². The molecule has 0 aromatic heterocycles. The van der Waals surface area contributed by atoms with E-state index in [1.165, 1.54) is 13.0 Å². The Balaban J connectivity index is 2.36. The van der Waals surface area contributed by atoms with Gasteiger partial charge in [-0.1, -0.05) is 6.92 Å². The normalized spacial score (nSPS) is 23.1. The molecule has 1 aliphatic heterocycles. The highest BCUT2D eigenvalue weighted by atomic mass is 16.4. The number of nitrogens with one attached hydrogen (secondary N) is 1. The molecule has 20 heavy (non-hydrogen) atoms. The van der Waals surface area contributed by atoms with Gasteiger partial charge in [0.1, 0.15) is 5.54 Å². The Morgan fingerprint density at radius 1 is 1.55 bits per heavy atom. The second-order valence-electron chi connectivity index (χ2n) is 6.49. The third-order valence-electron chi connectivity index (χ3n) is 4.29. The van der Waals surface area contributed by atoms with Crippen LogP contribution in [-0.4, -0.2) is 73.2 Å². The molecular weight excluding hydrogens is 254 g/mol. The van der Waals surface area contributed by atoms with Gasteiger partial charge in [0, 0.05) is 19.6 Å². The van der Waals surface area contributed by atoms with Crippen LogP contribution >= 0.6 is 0 Å². The maximum absolute atomic E-state index is 11.4. The average Bonchev–Trinajstić information content (AvgIpc) is 2.79. The molecule has 1 aliphatic rings. The molecule has 0 radical (unpaired) electrons. The fraction of sp³-hybridized carbons (Fsp3) is 0.933. The molecule has 1 saturated heterocycles. The molecule has 0 aliphatic carbocycles. The highest BCUT2D eigenvalue weighted by molar-refractivity contribution is 5.78. The highest BCUT2D eigenvalue weighted by Crippen LogP contribution is 2.16. The molecule has 0 bridgehead atoms. The number of carboxylic acids is 1. The Morgan fingerprint density at radius 3 is 2.75 bits per heavy atom. The second-order valence-corrected chi connectivity index (χ2v) is 6.49. The van der Waals surface area contributed by atoms with E-state index < -0.39 is 11.5 Å². The molecule has 0 saturated carbocycles. The quantitative estimate of drug-likeness (QED) is 0.664. The number of hydrogen-bond donors (Lipinski definition) is 2. The van der Waals surface area contributed by atoms with Crippen LogP contribution < -0.4 is 5.32 Å². The molecule has 0 amide bonds. The Labute approximate surface area is 123 Å². The van der Waals surface area contributed by atoms with E-state index in [2.05, 4.69) is 36.1 Å². The Hall–Kier alpha value is -0.650. The van der Waals surface area contributed by atoms with Crippen molar-refractivity contribution in [1.29, 1.82) is 0 Å². The summed E-state index contributed by atoms with van der Waals surface area (Å²) in [5, 5.41) is 12.6. The standard InChI is InChI=1S/C15H31N3O2/c1-5-8-16-15(2,14(19)20)7-10-18(4)12-13-6-9-17(3)11-13/h13,16H,5-12H2,1-4H3,(H,19,20). The maximum Gasteiger partial charge on any atom is 0.323 e. The van der Waals surface area contributed by atoms with Crippen molar-refractivity contribution in [2.75, 3.05) is 46.8 Å². The maximum atomic E-state index is 11.4. The van der Waals surface area contributed by atoms with Gasteiger partial charge in [0.2, 0.25) is 0 Å². The molecule has 118 valence electrons. The summed E-state index contributed by atoms with van der Waals surface area (Å²) in [6.45, 7) is 8.83. The van der Waals surface area contributed by atoms with Crippen LogP contribution in [0.2, 0.25) is 0 Å². The van der Waals surface area contributed by atoms with E-state index in [4.69, 9.17) is 0 Å². The summed E-state index contributed by atoms with van der Waals surface area (Å²) >= 11 is 0. The van der Waals surface area contributed by atoms with Gasteiger partial charge in [-0.05, 0) is 59.3 Å². The molecule has 0 spiro atoms. The number of nitrogens with zero attached hydrogens (tertiary/aromatic N) is 2. The van der Waals surface area contributed by atoms with Crippen LogP contribution in [0.3, 0.4) is 0 Å². The van der Waals surface area contributed by atoms with Gasteiger partial charge in [0.15, 0.2) is 0 Å². The van der Waals surface area contributed by atoms with Crippen LogP contribution in [0.4, 0.5) is 0 Å². The summed E-state index contributed by atoms with van der Waals surface area (Å²) < 4.78 is 0. The van der Waals surface area contributed by atoms with Crippen molar-refractivity contribution in [3.63, 3.8) is 0 Å². The summed E-state index contributed by atoms with van der Waals surface area (Å²) in [7, 11) is 4.26. The summed E-state index contributed by atoms with van der Waals surface area (Å²) in [5.41, 5.74) is -0.809. The van der Waals surface area contributed by atoms with Crippen LogP contribution in [-0.2, 0) is 4.79 Å². The highest BCUT2D eigenvalue weighted by Gasteiger charge is 2.32. The average molecular weight is 285 g/mol. The van der Waals surface area contributed by atoms with Crippen molar-refractivity contribution in [2.45, 2.75) is 38.6 Å². The van der Waals surface area contributed by atoms with Crippen molar-refractivity contribution in [3.05, 3.63) is 0 Å². The van der Waals surface area contributed by atoms with Gasteiger partial charge >= 0.3 is 5.97 Å². The summed E-state index contributed by atoms with van der Waals surface area (Å²) in [6, 6.07) is 0. The van der Waals surface area contributed by atoms with Gasteiger partial charge in [-0.15, -0.1) is 0 Å². The fourth-order valence-corrected chi connectivity index (χ4v) is 2.79. The van der Waals surface area contributed by atoms with E-state index in [0.29, 0.717) is 6.42 Å². The number of hydrogen-bond acceptors (Lipinski definition) is 4. The predicted octanol–water partition coefficient (Wildman–Crippen LogP) is 1.10. The minimum atomic E-state index is -0.809. The fourth-order valence-electron chi connectivity index (χ4n) is 2.79. The van der Waals surface area contributed by atoms with Crippen molar-refractivity contribution < 1.29 is 9.90 Å². The van der Waals surface area contributed by atoms with E-state index in [1.54, 1.807) is 6.92 Å². The van der Waals surface area contributed by atoms with Gasteiger partial charge in [-0.3, -0.25) is 4.79 Å². The van der Waals surface area contributed by atoms with Crippen LogP contribution in [0, 0.1) is 5.92 Å². The Kier molecular flexibility index (Phi) is 6.92. The second kappa shape index (κ2) is 7.96. The number of carboxylic acid groups (broad SMARTS) is 1. The minimum Gasteiger partial charge on any atom is -0.480 e. The van der Waals surface area contributed by atoms with Crippen molar-refractivity contribution in [1.82, 2.24) is 15.1 Å². The molecule has 1 rings (SSSR count). The first-order valence-corrected chi connectivity index (χ1v) is 7.73. The van der Waals surface area contributed by atoms with Crippen LogP contribution in [0.5, 0.6) is 0 Å². The van der Waals surface area contributed by atoms with E-state index in [0.717, 1.165) is 38.5 Å². The van der Waals surface area contributed by atoms with E-state index in [9.17, 15) is 9.90 Å². The Morgan fingerprint density at radius 2 is 2.25 bits per heavy atom. The van der Waals surface area contributed by atoms with Crippen LogP contribution in [0.1, 0.15) is 33.1 Å². The lowest BCUT2D eigenvalue weighted by atomic mass is 9.97. The largest absolute Gasteiger partial charge is 0.480 e. The van der Waals surface area contributed by atoms with Crippen molar-refractivity contribution >= 4 is 5.97 Å². The predicted molar refractivity (Wildman–Crippen MR) is 82.1 cm³/mol. The monoisotopic (exact) mass is 285 g/mol. The minimum absolute atomic E-state index is 0.640. The number of carbonyl (C=O) groups is 1. The lowest BCUT2D eigenvalue weighted by molar-refractivity contribution is -0.144. The van der Waals surface area contributed by atoms with Crippen LogP contribution in [0.25, 0.3) is 0 Å². The van der Waals surface area contributed by atoms with E-state index in [-0.39, 0.29) is 0 Å². The zero-order chi connectivity index (χ0) is 15.2. The first kappa shape index (κ1) is 17.4. The van der Waals surface area contributed by atoms with E-state index in [1.807, 2.05) is 0 Å². The van der Waals surface area contributed by atoms with Gasteiger partial charge in [0.25, 0.3) is 0 Å². The molecule has 0 aromatic rings. The SMILES string of the molecule is CCCNC(C)(CCN(C)CC1CCN(C)C1)C(=O)O. The lowest BCUT2D eigenvalue weighted by Crippen LogP contribution is -2.51. The Bertz CT molecular complexity index is 311. The number of aliphatic carboxylic acids is 1. The van der Waals surface area contributed by atoms with Gasteiger partial charge in [-0.2, -0.15) is 0 Å². The first-order chi connectivity index (χ1) is 9.37. The molecular formula is C15H31N3O2. The molecule has 2 atom stereocenters. The topological polar surface area (TPSA) is 55.8 Å². The molecule has 5 heteroatoms. The molecule has 2 unspecified atom stereocenters. The zero-order valence-electron chi connectivity index (χ0n) is 13.5.